The van der Waals surface area contributed by atoms with Crippen molar-refractivity contribution in [3.05, 3.63) is 94.3 Å². The number of hydrogen-bond donors (Lipinski definition) is 1. The molecule has 3 aromatic carbocycles. The fourth-order valence-electron chi connectivity index (χ4n) is 3.75. The topological polar surface area (TPSA) is 59.9 Å². The molecule has 5 rings (SSSR count). The lowest BCUT2D eigenvalue weighted by molar-refractivity contribution is 0.414. The summed E-state index contributed by atoms with van der Waals surface area (Å²) in [6.07, 6.45) is 0. The minimum atomic E-state index is -0.113. The minimum Gasteiger partial charge on any atom is -0.497 e. The highest BCUT2D eigenvalue weighted by Gasteiger charge is 2.17. The fraction of sp³-hybridized carbons (Fsp3) is 0.120. The van der Waals surface area contributed by atoms with E-state index in [1.165, 1.54) is 11.1 Å². The van der Waals surface area contributed by atoms with Gasteiger partial charge in [-0.05, 0) is 42.8 Å². The second kappa shape index (κ2) is 7.96. The first-order valence-electron chi connectivity index (χ1n) is 10.0. The predicted octanol–water partition coefficient (Wildman–Crippen LogP) is 5.48. The Balaban J connectivity index is 1.69. The van der Waals surface area contributed by atoms with Crippen molar-refractivity contribution in [2.24, 2.45) is 0 Å². The lowest BCUT2D eigenvalue weighted by Crippen LogP contribution is -2.21. The number of fused-ring (bicyclic) bond motifs is 3. The van der Waals surface area contributed by atoms with Crippen molar-refractivity contribution >= 4 is 33.7 Å². The summed E-state index contributed by atoms with van der Waals surface area (Å²) in [4.78, 5) is 21.8. The van der Waals surface area contributed by atoms with Crippen LogP contribution in [0.2, 0.25) is 0 Å². The van der Waals surface area contributed by atoms with Gasteiger partial charge in [0.05, 0.1) is 12.8 Å². The zero-order chi connectivity index (χ0) is 21.4. The van der Waals surface area contributed by atoms with Gasteiger partial charge < -0.3 is 9.72 Å². The third-order valence-corrected chi connectivity index (χ3v) is 6.29. The number of methoxy groups -OCH3 is 1. The number of H-pyrrole nitrogens is 1. The van der Waals surface area contributed by atoms with Crippen molar-refractivity contribution in [2.45, 2.75) is 17.8 Å². The Morgan fingerprint density at radius 2 is 1.84 bits per heavy atom. The van der Waals surface area contributed by atoms with Gasteiger partial charge in [-0.25, -0.2) is 4.98 Å². The van der Waals surface area contributed by atoms with E-state index in [4.69, 9.17) is 9.72 Å². The predicted molar refractivity (Wildman–Crippen MR) is 126 cm³/mol. The molecule has 0 amide bonds. The van der Waals surface area contributed by atoms with E-state index in [1.54, 1.807) is 23.4 Å². The van der Waals surface area contributed by atoms with Gasteiger partial charge in [-0.3, -0.25) is 9.36 Å². The SMILES string of the molecule is COc1ccc(-n2c(SCc3cccc(C)c3)nc3c([nH]c4ccccc43)c2=O)cc1. The number of aromatic nitrogens is 3. The molecule has 0 radical (unpaired) electrons. The molecule has 0 aliphatic rings. The van der Waals surface area contributed by atoms with E-state index < -0.39 is 0 Å². The van der Waals surface area contributed by atoms with Crippen LogP contribution in [0.3, 0.4) is 0 Å². The van der Waals surface area contributed by atoms with Gasteiger partial charge in [0, 0.05) is 16.7 Å². The van der Waals surface area contributed by atoms with Crippen molar-refractivity contribution in [3.8, 4) is 11.4 Å². The van der Waals surface area contributed by atoms with Crippen LogP contribution in [0, 0.1) is 6.92 Å². The van der Waals surface area contributed by atoms with E-state index in [0.29, 0.717) is 16.2 Å². The van der Waals surface area contributed by atoms with Crippen molar-refractivity contribution in [1.82, 2.24) is 14.5 Å². The third-order valence-electron chi connectivity index (χ3n) is 5.28. The molecular formula is C25H21N3O2S. The molecule has 0 saturated carbocycles. The van der Waals surface area contributed by atoms with E-state index >= 15 is 0 Å². The summed E-state index contributed by atoms with van der Waals surface area (Å²) in [5.41, 5.74) is 5.17. The number of para-hydroxylation sites is 1. The van der Waals surface area contributed by atoms with E-state index in [9.17, 15) is 4.79 Å². The van der Waals surface area contributed by atoms with Crippen LogP contribution in [-0.2, 0) is 5.75 Å². The van der Waals surface area contributed by atoms with Crippen LogP contribution < -0.4 is 10.3 Å². The maximum absolute atomic E-state index is 13.6. The number of benzene rings is 3. The molecule has 2 heterocycles. The standard InChI is InChI=1S/C25H21N3O2S/c1-16-6-5-7-17(14-16)15-31-25-27-22-20-8-3-4-9-21(20)26-23(22)24(29)28(25)18-10-12-19(30-2)13-11-18/h3-14,26H,15H2,1-2H3. The highest BCUT2D eigenvalue weighted by Crippen LogP contribution is 2.28. The van der Waals surface area contributed by atoms with Crippen LogP contribution in [0.5, 0.6) is 5.75 Å². The first-order chi connectivity index (χ1) is 15.1. The summed E-state index contributed by atoms with van der Waals surface area (Å²) in [6, 6.07) is 23.7. The molecule has 5 aromatic rings. The second-order valence-electron chi connectivity index (χ2n) is 7.40. The van der Waals surface area contributed by atoms with Crippen LogP contribution >= 0.6 is 11.8 Å². The molecular weight excluding hydrogens is 406 g/mol. The Labute approximate surface area is 183 Å². The Bertz CT molecular complexity index is 1450. The van der Waals surface area contributed by atoms with Gasteiger partial charge >= 0.3 is 0 Å². The lowest BCUT2D eigenvalue weighted by Gasteiger charge is -2.13. The average Bonchev–Trinajstić information content (AvgIpc) is 3.17. The molecule has 0 fully saturated rings. The van der Waals surface area contributed by atoms with E-state index in [0.717, 1.165) is 28.1 Å². The maximum Gasteiger partial charge on any atom is 0.283 e. The Hall–Kier alpha value is -3.51. The Kier molecular flexibility index (Phi) is 5.00. The quantitative estimate of drug-likeness (QED) is 0.298. The van der Waals surface area contributed by atoms with Gasteiger partial charge in [0.15, 0.2) is 5.16 Å². The molecule has 31 heavy (non-hydrogen) atoms. The van der Waals surface area contributed by atoms with Crippen LogP contribution in [0.25, 0.3) is 27.6 Å². The molecule has 0 spiro atoms. The Morgan fingerprint density at radius 3 is 2.61 bits per heavy atom. The number of rotatable bonds is 5. The molecule has 2 aromatic heterocycles. The van der Waals surface area contributed by atoms with Gasteiger partial charge in [-0.15, -0.1) is 0 Å². The van der Waals surface area contributed by atoms with Gasteiger partial charge in [-0.1, -0.05) is 59.8 Å². The molecule has 0 aliphatic carbocycles. The number of hydrogen-bond acceptors (Lipinski definition) is 4. The zero-order valence-corrected chi connectivity index (χ0v) is 18.1. The number of aromatic amines is 1. The van der Waals surface area contributed by atoms with Crippen molar-refractivity contribution in [1.29, 1.82) is 0 Å². The molecule has 0 aliphatic heterocycles. The van der Waals surface area contributed by atoms with Crippen molar-refractivity contribution < 1.29 is 4.74 Å². The summed E-state index contributed by atoms with van der Waals surface area (Å²) in [5.74, 6) is 1.46. The van der Waals surface area contributed by atoms with Crippen molar-refractivity contribution in [2.75, 3.05) is 7.11 Å². The van der Waals surface area contributed by atoms with Gasteiger partial charge in [0.2, 0.25) is 0 Å². The van der Waals surface area contributed by atoms with E-state index in [-0.39, 0.29) is 5.56 Å². The molecule has 1 N–H and O–H groups in total. The van der Waals surface area contributed by atoms with E-state index in [2.05, 4.69) is 36.2 Å². The number of thioether (sulfide) groups is 1. The van der Waals surface area contributed by atoms with Crippen LogP contribution in [-0.4, -0.2) is 21.6 Å². The molecule has 0 saturated heterocycles. The highest BCUT2D eigenvalue weighted by atomic mass is 32.2. The Morgan fingerprint density at radius 1 is 1.03 bits per heavy atom. The third kappa shape index (κ3) is 3.59. The summed E-state index contributed by atoms with van der Waals surface area (Å²) < 4.78 is 6.96. The smallest absolute Gasteiger partial charge is 0.283 e. The molecule has 0 unspecified atom stereocenters. The first-order valence-corrected chi connectivity index (χ1v) is 11.0. The largest absolute Gasteiger partial charge is 0.497 e. The molecule has 5 nitrogen and oxygen atoms in total. The van der Waals surface area contributed by atoms with Crippen LogP contribution in [0.4, 0.5) is 0 Å². The number of ether oxygens (including phenoxy) is 1. The van der Waals surface area contributed by atoms with Gasteiger partial charge in [0.25, 0.3) is 5.56 Å². The second-order valence-corrected chi connectivity index (χ2v) is 8.35. The molecule has 154 valence electrons. The zero-order valence-electron chi connectivity index (χ0n) is 17.3. The number of nitrogens with zero attached hydrogens (tertiary/aromatic N) is 2. The van der Waals surface area contributed by atoms with E-state index in [1.807, 2.05) is 48.5 Å². The monoisotopic (exact) mass is 427 g/mol. The molecule has 0 atom stereocenters. The summed E-state index contributed by atoms with van der Waals surface area (Å²) in [5, 5.41) is 1.61. The van der Waals surface area contributed by atoms with Crippen molar-refractivity contribution in [3.63, 3.8) is 0 Å². The normalized spacial score (nSPS) is 11.3. The minimum absolute atomic E-state index is 0.113. The summed E-state index contributed by atoms with van der Waals surface area (Å²) >= 11 is 1.56. The average molecular weight is 428 g/mol. The highest BCUT2D eigenvalue weighted by molar-refractivity contribution is 7.98. The summed E-state index contributed by atoms with van der Waals surface area (Å²) in [7, 11) is 1.63. The molecule has 0 bridgehead atoms. The number of aryl methyl sites for hydroxylation is 1. The van der Waals surface area contributed by atoms with Gasteiger partial charge in [-0.2, -0.15) is 0 Å². The summed E-state index contributed by atoms with van der Waals surface area (Å²) in [6.45, 7) is 2.08. The molecule has 6 heteroatoms. The number of nitrogens with one attached hydrogen (secondary N) is 1. The lowest BCUT2D eigenvalue weighted by atomic mass is 10.2. The van der Waals surface area contributed by atoms with Crippen LogP contribution in [0.1, 0.15) is 11.1 Å². The first kappa shape index (κ1) is 19.5. The maximum atomic E-state index is 13.6. The van der Waals surface area contributed by atoms with Crippen LogP contribution in [0.15, 0.2) is 82.7 Å². The fourth-order valence-corrected chi connectivity index (χ4v) is 4.70. The van der Waals surface area contributed by atoms with Gasteiger partial charge in [0.1, 0.15) is 16.8 Å².